The summed E-state index contributed by atoms with van der Waals surface area (Å²) < 4.78 is 0. The number of likely N-dealkylation sites (tertiary alicyclic amines) is 1. The second-order valence-electron chi connectivity index (χ2n) is 5.61. The zero-order valence-corrected chi connectivity index (χ0v) is 12.6. The molecule has 1 aliphatic rings. The maximum Gasteiger partial charge on any atom is 0.257 e. The zero-order valence-electron chi connectivity index (χ0n) is 11.8. The predicted molar refractivity (Wildman–Crippen MR) is 77.5 cm³/mol. The minimum atomic E-state index is 0.0240. The predicted octanol–water partition coefficient (Wildman–Crippen LogP) is 3.69. The number of amides is 1. The Hall–Kier alpha value is -1.09. The van der Waals surface area contributed by atoms with Gasteiger partial charge in [0.25, 0.3) is 5.91 Å². The molecule has 104 valence electrons. The van der Waals surface area contributed by atoms with Crippen molar-refractivity contribution in [1.29, 1.82) is 0 Å². The summed E-state index contributed by atoms with van der Waals surface area (Å²) in [4.78, 5) is 18.8. The van der Waals surface area contributed by atoms with E-state index in [0.717, 1.165) is 25.1 Å². The van der Waals surface area contributed by atoms with Gasteiger partial charge in [-0.3, -0.25) is 9.78 Å². The lowest BCUT2D eigenvalue weighted by atomic mass is 9.92. The van der Waals surface area contributed by atoms with Gasteiger partial charge in [-0.15, -0.1) is 0 Å². The van der Waals surface area contributed by atoms with E-state index in [1.165, 1.54) is 6.42 Å². The summed E-state index contributed by atoms with van der Waals surface area (Å²) in [6.07, 6.45) is 4.96. The fraction of sp³-hybridized carbons (Fsp3) is 0.600. The summed E-state index contributed by atoms with van der Waals surface area (Å²) in [7, 11) is 0. The Labute approximate surface area is 120 Å². The van der Waals surface area contributed by atoms with Crippen molar-refractivity contribution in [2.75, 3.05) is 6.54 Å². The van der Waals surface area contributed by atoms with E-state index in [2.05, 4.69) is 18.8 Å². The Kier molecular flexibility index (Phi) is 4.46. The van der Waals surface area contributed by atoms with Crippen molar-refractivity contribution in [3.63, 3.8) is 0 Å². The van der Waals surface area contributed by atoms with Crippen LogP contribution in [0.2, 0.25) is 5.02 Å². The van der Waals surface area contributed by atoms with Gasteiger partial charge >= 0.3 is 0 Å². The van der Waals surface area contributed by atoms with Crippen molar-refractivity contribution in [2.24, 2.45) is 5.92 Å². The molecule has 1 saturated heterocycles. The van der Waals surface area contributed by atoms with Crippen LogP contribution >= 0.6 is 11.6 Å². The summed E-state index contributed by atoms with van der Waals surface area (Å²) in [6, 6.07) is 2.07. The quantitative estimate of drug-likeness (QED) is 0.828. The third kappa shape index (κ3) is 3.08. The average Bonchev–Trinajstić information content (AvgIpc) is 2.38. The maximum atomic E-state index is 12.6. The van der Waals surface area contributed by atoms with E-state index < -0.39 is 0 Å². The van der Waals surface area contributed by atoms with Crippen LogP contribution in [0.15, 0.2) is 12.3 Å². The largest absolute Gasteiger partial charge is 0.335 e. The first-order chi connectivity index (χ1) is 9.00. The van der Waals surface area contributed by atoms with Crippen LogP contribution in [-0.4, -0.2) is 28.4 Å². The molecule has 1 aromatic heterocycles. The molecule has 4 heteroatoms. The maximum absolute atomic E-state index is 12.6. The van der Waals surface area contributed by atoms with Gasteiger partial charge in [-0.25, -0.2) is 0 Å². The fourth-order valence-electron chi connectivity index (χ4n) is 2.74. The van der Waals surface area contributed by atoms with Gasteiger partial charge in [0.2, 0.25) is 0 Å². The van der Waals surface area contributed by atoms with Crippen LogP contribution in [0.1, 0.15) is 49.2 Å². The molecular weight excluding hydrogens is 260 g/mol. The highest BCUT2D eigenvalue weighted by Crippen LogP contribution is 2.26. The van der Waals surface area contributed by atoms with E-state index in [9.17, 15) is 4.79 Å². The Morgan fingerprint density at radius 3 is 2.84 bits per heavy atom. The molecule has 0 bridgehead atoms. The number of pyridine rings is 1. The van der Waals surface area contributed by atoms with E-state index in [-0.39, 0.29) is 5.91 Å². The SMILES string of the molecule is Cc1cc(Cl)c(C(=O)N2CCCC[C@@H]2C(C)C)cn1. The van der Waals surface area contributed by atoms with Gasteiger partial charge in [-0.1, -0.05) is 25.4 Å². The highest BCUT2D eigenvalue weighted by atomic mass is 35.5. The normalized spacial score (nSPS) is 19.8. The first-order valence-corrected chi connectivity index (χ1v) is 7.31. The number of hydrogen-bond acceptors (Lipinski definition) is 2. The van der Waals surface area contributed by atoms with Crippen LogP contribution in [-0.2, 0) is 0 Å². The van der Waals surface area contributed by atoms with Gasteiger partial charge in [0.05, 0.1) is 10.6 Å². The Bertz CT molecular complexity index is 473. The third-order valence-corrected chi connectivity index (χ3v) is 4.11. The Morgan fingerprint density at radius 2 is 2.21 bits per heavy atom. The van der Waals surface area contributed by atoms with Gasteiger partial charge in [0.15, 0.2) is 0 Å². The fourth-order valence-corrected chi connectivity index (χ4v) is 3.03. The number of rotatable bonds is 2. The first kappa shape index (κ1) is 14.3. The van der Waals surface area contributed by atoms with E-state index in [4.69, 9.17) is 11.6 Å². The topological polar surface area (TPSA) is 33.2 Å². The van der Waals surface area contributed by atoms with Crippen LogP contribution in [0.3, 0.4) is 0 Å². The van der Waals surface area contributed by atoms with Crippen molar-refractivity contribution in [3.8, 4) is 0 Å². The van der Waals surface area contributed by atoms with Gasteiger partial charge in [0.1, 0.15) is 0 Å². The molecule has 0 saturated carbocycles. The van der Waals surface area contributed by atoms with Crippen molar-refractivity contribution >= 4 is 17.5 Å². The lowest BCUT2D eigenvalue weighted by Gasteiger charge is -2.38. The monoisotopic (exact) mass is 280 g/mol. The molecule has 0 radical (unpaired) electrons. The highest BCUT2D eigenvalue weighted by Gasteiger charge is 2.30. The lowest BCUT2D eigenvalue weighted by Crippen LogP contribution is -2.46. The van der Waals surface area contributed by atoms with Crippen LogP contribution in [0, 0.1) is 12.8 Å². The van der Waals surface area contributed by atoms with Gasteiger partial charge in [-0.05, 0) is 38.2 Å². The molecular formula is C15H21ClN2O. The lowest BCUT2D eigenvalue weighted by molar-refractivity contribution is 0.0543. The summed E-state index contributed by atoms with van der Waals surface area (Å²) in [5.41, 5.74) is 1.36. The number of hydrogen-bond donors (Lipinski definition) is 0. The molecule has 0 N–H and O–H groups in total. The minimum Gasteiger partial charge on any atom is -0.335 e. The Balaban J connectivity index is 2.26. The molecule has 3 nitrogen and oxygen atoms in total. The third-order valence-electron chi connectivity index (χ3n) is 3.80. The molecule has 0 aliphatic carbocycles. The highest BCUT2D eigenvalue weighted by molar-refractivity contribution is 6.33. The number of aromatic nitrogens is 1. The number of halogens is 1. The molecule has 19 heavy (non-hydrogen) atoms. The molecule has 2 rings (SSSR count). The molecule has 1 amide bonds. The smallest absolute Gasteiger partial charge is 0.257 e. The molecule has 1 atom stereocenters. The second-order valence-corrected chi connectivity index (χ2v) is 6.02. The van der Waals surface area contributed by atoms with E-state index in [0.29, 0.717) is 22.5 Å². The van der Waals surface area contributed by atoms with E-state index >= 15 is 0 Å². The Morgan fingerprint density at radius 1 is 1.47 bits per heavy atom. The number of carbonyl (C=O) groups excluding carboxylic acids is 1. The zero-order chi connectivity index (χ0) is 14.0. The van der Waals surface area contributed by atoms with Crippen LogP contribution in [0.5, 0.6) is 0 Å². The summed E-state index contributed by atoms with van der Waals surface area (Å²) in [5.74, 6) is 0.498. The van der Waals surface area contributed by atoms with Gasteiger partial charge in [-0.2, -0.15) is 0 Å². The van der Waals surface area contributed by atoms with Crippen molar-refractivity contribution in [2.45, 2.75) is 46.1 Å². The van der Waals surface area contributed by atoms with Crippen LogP contribution in [0.25, 0.3) is 0 Å². The summed E-state index contributed by atoms with van der Waals surface area (Å²) >= 11 is 6.18. The number of nitrogens with zero attached hydrogens (tertiary/aromatic N) is 2. The molecule has 1 fully saturated rings. The number of piperidine rings is 1. The van der Waals surface area contributed by atoms with Crippen LogP contribution in [0.4, 0.5) is 0 Å². The van der Waals surface area contributed by atoms with Gasteiger partial charge in [0, 0.05) is 24.5 Å². The van der Waals surface area contributed by atoms with E-state index in [1.807, 2.05) is 11.8 Å². The minimum absolute atomic E-state index is 0.0240. The molecule has 1 aliphatic heterocycles. The van der Waals surface area contributed by atoms with Crippen molar-refractivity contribution < 1.29 is 4.79 Å². The molecule has 1 aromatic rings. The van der Waals surface area contributed by atoms with Crippen LogP contribution < -0.4 is 0 Å². The number of aryl methyl sites for hydroxylation is 1. The number of carbonyl (C=O) groups is 1. The summed E-state index contributed by atoms with van der Waals surface area (Å²) in [6.45, 7) is 7.04. The van der Waals surface area contributed by atoms with Crippen molar-refractivity contribution in [3.05, 3.63) is 28.5 Å². The van der Waals surface area contributed by atoms with Crippen molar-refractivity contribution in [1.82, 2.24) is 9.88 Å². The molecule has 0 aromatic carbocycles. The average molecular weight is 281 g/mol. The second kappa shape index (κ2) is 5.91. The first-order valence-electron chi connectivity index (χ1n) is 6.94. The molecule has 0 spiro atoms. The molecule has 0 unspecified atom stereocenters. The van der Waals surface area contributed by atoms with E-state index in [1.54, 1.807) is 12.3 Å². The molecule has 2 heterocycles. The summed E-state index contributed by atoms with van der Waals surface area (Å²) in [5, 5.41) is 0.505. The standard InChI is InChI=1S/C15H21ClN2O/c1-10(2)14-6-4-5-7-18(14)15(19)12-9-17-11(3)8-13(12)16/h8-10,14H,4-7H2,1-3H3/t14-/m1/s1. The van der Waals surface area contributed by atoms with Gasteiger partial charge < -0.3 is 4.90 Å².